The van der Waals surface area contributed by atoms with Gasteiger partial charge in [0, 0.05) is 30.8 Å². The van der Waals surface area contributed by atoms with Crippen LogP contribution in [-0.4, -0.2) is 46.6 Å². The third kappa shape index (κ3) is 2.10. The van der Waals surface area contributed by atoms with Gasteiger partial charge in [-0.05, 0) is 26.2 Å². The average Bonchev–Trinajstić information content (AvgIpc) is 2.71. The largest absolute Gasteiger partial charge is 0.374 e. The lowest BCUT2D eigenvalue weighted by atomic mass is 9.56. The molecule has 0 N–H and O–H groups in total. The molecular formula is C15H20BrNO4. The SMILES string of the molecule is CCO[C@]12CC[C@H](C(=O)C1)[C@H]1C(=O)N(CCCBr)C(=O)[C@H]12. The average molecular weight is 358 g/mol. The molecule has 4 rings (SSSR count). The zero-order chi connectivity index (χ0) is 15.2. The Hall–Kier alpha value is -0.750. The monoisotopic (exact) mass is 357 g/mol. The van der Waals surface area contributed by atoms with Crippen LogP contribution in [0.5, 0.6) is 0 Å². The molecule has 5 nitrogen and oxygen atoms in total. The van der Waals surface area contributed by atoms with Gasteiger partial charge in [0.25, 0.3) is 0 Å². The molecule has 3 aliphatic carbocycles. The van der Waals surface area contributed by atoms with Crippen molar-refractivity contribution in [3.05, 3.63) is 0 Å². The second-order valence-corrected chi connectivity index (χ2v) is 6.95. The number of hydrogen-bond donors (Lipinski definition) is 0. The number of carbonyl (C=O) groups excluding carboxylic acids is 3. The lowest BCUT2D eigenvalue weighted by Crippen LogP contribution is -2.59. The number of ether oxygens (including phenoxy) is 1. The van der Waals surface area contributed by atoms with Crippen molar-refractivity contribution in [2.24, 2.45) is 17.8 Å². The molecule has 0 aromatic rings. The van der Waals surface area contributed by atoms with Crippen molar-refractivity contribution in [2.75, 3.05) is 18.5 Å². The van der Waals surface area contributed by atoms with Crippen LogP contribution in [0.15, 0.2) is 0 Å². The molecule has 4 aliphatic rings. The lowest BCUT2D eigenvalue weighted by molar-refractivity contribution is -0.180. The minimum Gasteiger partial charge on any atom is -0.374 e. The first kappa shape index (κ1) is 15.2. The molecule has 0 spiro atoms. The Labute approximate surface area is 132 Å². The fourth-order valence-corrected chi connectivity index (χ4v) is 4.62. The zero-order valence-electron chi connectivity index (χ0n) is 12.1. The van der Waals surface area contributed by atoms with E-state index in [9.17, 15) is 14.4 Å². The first-order chi connectivity index (χ1) is 10.1. The quantitative estimate of drug-likeness (QED) is 0.552. The summed E-state index contributed by atoms with van der Waals surface area (Å²) in [5.41, 5.74) is -0.735. The Balaban J connectivity index is 1.96. The van der Waals surface area contributed by atoms with E-state index in [0.717, 1.165) is 11.8 Å². The predicted octanol–water partition coefficient (Wildman–Crippen LogP) is 1.53. The molecule has 6 heteroatoms. The minimum absolute atomic E-state index is 0.0967. The molecule has 2 bridgehead atoms. The number of likely N-dealkylation sites (tertiary alicyclic amines) is 1. The summed E-state index contributed by atoms with van der Waals surface area (Å²) >= 11 is 3.33. The van der Waals surface area contributed by atoms with E-state index in [0.29, 0.717) is 26.0 Å². The first-order valence-electron chi connectivity index (χ1n) is 7.63. The Morgan fingerprint density at radius 2 is 2.10 bits per heavy atom. The molecule has 0 aromatic heterocycles. The van der Waals surface area contributed by atoms with Crippen LogP contribution >= 0.6 is 15.9 Å². The van der Waals surface area contributed by atoms with Crippen LogP contribution in [0.4, 0.5) is 0 Å². The smallest absolute Gasteiger partial charge is 0.236 e. The van der Waals surface area contributed by atoms with E-state index in [2.05, 4.69) is 15.9 Å². The minimum atomic E-state index is -0.735. The van der Waals surface area contributed by atoms with Crippen LogP contribution in [-0.2, 0) is 19.1 Å². The van der Waals surface area contributed by atoms with Gasteiger partial charge in [-0.2, -0.15) is 0 Å². The summed E-state index contributed by atoms with van der Waals surface area (Å²) in [6.07, 6.45) is 2.41. The lowest BCUT2D eigenvalue weighted by Gasteiger charge is -2.50. The summed E-state index contributed by atoms with van der Waals surface area (Å²) in [6, 6.07) is 0. The van der Waals surface area contributed by atoms with Gasteiger partial charge in [-0.1, -0.05) is 15.9 Å². The molecule has 116 valence electrons. The summed E-state index contributed by atoms with van der Waals surface area (Å²) in [5.74, 6) is -1.39. The van der Waals surface area contributed by atoms with Gasteiger partial charge in [0.1, 0.15) is 5.78 Å². The number of imide groups is 1. The highest BCUT2D eigenvalue weighted by Gasteiger charge is 2.67. The maximum atomic E-state index is 12.7. The molecule has 4 fully saturated rings. The zero-order valence-corrected chi connectivity index (χ0v) is 13.7. The maximum absolute atomic E-state index is 12.7. The summed E-state index contributed by atoms with van der Waals surface area (Å²) in [5, 5.41) is 0.748. The van der Waals surface area contributed by atoms with Crippen LogP contribution in [0.1, 0.15) is 32.6 Å². The second-order valence-electron chi connectivity index (χ2n) is 6.16. The van der Waals surface area contributed by atoms with Crippen LogP contribution in [0.25, 0.3) is 0 Å². The molecule has 4 atom stereocenters. The number of Topliss-reactive ketones (excluding diaryl/α,β-unsaturated/α-hetero) is 1. The highest BCUT2D eigenvalue weighted by atomic mass is 79.9. The highest BCUT2D eigenvalue weighted by Crippen LogP contribution is 2.55. The number of alkyl halides is 1. The van der Waals surface area contributed by atoms with Gasteiger partial charge in [-0.25, -0.2) is 0 Å². The van der Waals surface area contributed by atoms with Crippen molar-refractivity contribution in [3.63, 3.8) is 0 Å². The van der Waals surface area contributed by atoms with Gasteiger partial charge >= 0.3 is 0 Å². The van der Waals surface area contributed by atoms with Crippen molar-refractivity contribution in [1.82, 2.24) is 4.90 Å². The fraction of sp³-hybridized carbons (Fsp3) is 0.800. The number of carbonyl (C=O) groups is 3. The molecule has 1 aliphatic heterocycles. The normalized spacial score (nSPS) is 38.3. The van der Waals surface area contributed by atoms with Crippen molar-refractivity contribution in [2.45, 2.75) is 38.2 Å². The van der Waals surface area contributed by atoms with E-state index >= 15 is 0 Å². The standard InChI is InChI=1S/C15H20BrNO4/c1-2-21-15-5-4-9(10(18)8-15)11-12(15)14(20)17(13(11)19)7-3-6-16/h9,11-12H,2-8H2,1H3/t9-,11-,12+,15-/m1/s1. The molecule has 2 amide bonds. The second kappa shape index (κ2) is 5.47. The summed E-state index contributed by atoms with van der Waals surface area (Å²) < 4.78 is 5.88. The van der Waals surface area contributed by atoms with E-state index in [4.69, 9.17) is 4.74 Å². The number of halogens is 1. The molecular weight excluding hydrogens is 338 g/mol. The van der Waals surface area contributed by atoms with E-state index in [1.807, 2.05) is 6.92 Å². The van der Waals surface area contributed by atoms with Crippen molar-refractivity contribution >= 4 is 33.5 Å². The van der Waals surface area contributed by atoms with Gasteiger partial charge in [0.15, 0.2) is 0 Å². The summed E-state index contributed by atoms with van der Waals surface area (Å²) in [4.78, 5) is 39.0. The van der Waals surface area contributed by atoms with Gasteiger partial charge in [0.2, 0.25) is 11.8 Å². The third-order valence-electron chi connectivity index (χ3n) is 5.16. The van der Waals surface area contributed by atoms with Gasteiger partial charge in [-0.3, -0.25) is 19.3 Å². The maximum Gasteiger partial charge on any atom is 0.236 e. The van der Waals surface area contributed by atoms with E-state index < -0.39 is 17.4 Å². The van der Waals surface area contributed by atoms with E-state index in [-0.39, 0.29) is 29.9 Å². The molecule has 3 saturated carbocycles. The Morgan fingerprint density at radius 1 is 1.33 bits per heavy atom. The molecule has 1 heterocycles. The number of ketones is 1. The number of amides is 2. The molecule has 0 radical (unpaired) electrons. The Kier molecular flexibility index (Phi) is 3.94. The van der Waals surface area contributed by atoms with E-state index in [1.54, 1.807) is 0 Å². The van der Waals surface area contributed by atoms with Crippen LogP contribution in [0.3, 0.4) is 0 Å². The Morgan fingerprint density at radius 3 is 2.71 bits per heavy atom. The molecule has 1 saturated heterocycles. The van der Waals surface area contributed by atoms with Crippen LogP contribution < -0.4 is 0 Å². The number of nitrogens with zero attached hydrogens (tertiary/aromatic N) is 1. The molecule has 0 aromatic carbocycles. The summed E-state index contributed by atoms with van der Waals surface area (Å²) in [7, 11) is 0. The molecule has 0 unspecified atom stereocenters. The number of rotatable bonds is 5. The van der Waals surface area contributed by atoms with Crippen LogP contribution in [0.2, 0.25) is 0 Å². The molecule has 21 heavy (non-hydrogen) atoms. The predicted molar refractivity (Wildman–Crippen MR) is 78.8 cm³/mol. The van der Waals surface area contributed by atoms with Crippen LogP contribution in [0, 0.1) is 17.8 Å². The first-order valence-corrected chi connectivity index (χ1v) is 8.75. The summed E-state index contributed by atoms with van der Waals surface area (Å²) in [6.45, 7) is 2.77. The van der Waals surface area contributed by atoms with Crippen molar-refractivity contribution < 1.29 is 19.1 Å². The number of hydrogen-bond acceptors (Lipinski definition) is 4. The highest BCUT2D eigenvalue weighted by molar-refractivity contribution is 9.09. The van der Waals surface area contributed by atoms with Crippen molar-refractivity contribution in [1.29, 1.82) is 0 Å². The number of fused-ring (bicyclic) bond motifs is 2. The van der Waals surface area contributed by atoms with Gasteiger partial charge < -0.3 is 4.74 Å². The third-order valence-corrected chi connectivity index (χ3v) is 5.72. The van der Waals surface area contributed by atoms with E-state index in [1.165, 1.54) is 4.90 Å². The topological polar surface area (TPSA) is 63.7 Å². The van der Waals surface area contributed by atoms with Gasteiger partial charge in [-0.15, -0.1) is 0 Å². The Bertz CT molecular complexity index is 490. The van der Waals surface area contributed by atoms with Crippen molar-refractivity contribution in [3.8, 4) is 0 Å². The van der Waals surface area contributed by atoms with Gasteiger partial charge in [0.05, 0.1) is 17.4 Å². The fourth-order valence-electron chi connectivity index (χ4n) is 4.37.